The highest BCUT2D eigenvalue weighted by Crippen LogP contribution is 2.44. The van der Waals surface area contributed by atoms with Gasteiger partial charge < -0.3 is 44.6 Å². The molecular formula is C48H60N8O7. The zero-order valence-corrected chi connectivity index (χ0v) is 37.8. The largest absolute Gasteiger partial charge is 0.488 e. The average Bonchev–Trinajstić information content (AvgIpc) is 4.11. The Bertz CT molecular complexity index is 2560. The van der Waals surface area contributed by atoms with E-state index < -0.39 is 29.7 Å². The lowest BCUT2D eigenvalue weighted by Crippen LogP contribution is -2.56. The molecule has 15 nitrogen and oxygen atoms in total. The second-order valence-corrected chi connectivity index (χ2v) is 18.4. The minimum atomic E-state index is -0.765. The minimum absolute atomic E-state index is 0.0338. The number of aromatic amines is 2. The van der Waals surface area contributed by atoms with Crippen LogP contribution in [0.2, 0.25) is 0 Å². The lowest BCUT2D eigenvalue weighted by atomic mass is 9.81. The third kappa shape index (κ3) is 7.95. The van der Waals surface area contributed by atoms with Crippen molar-refractivity contribution in [1.82, 2.24) is 40.4 Å². The SMILES string of the molecule is CC[C@H]1CC[C@@H](c2ncc(-c3ccc4c(c3)COc3cc5c(ccc6[nH]c([C@@H]7CC[C@H](C)N7C(=O)[C@@H](NC(=O)OC)C(C)(C)CC)nc65)cc3-4)[nH]2)N1C(=O)[C@@H](NC(=O)OC)C(C)C. The number of alkyl carbamates (subject to hydrolysis) is 2. The first-order valence-corrected chi connectivity index (χ1v) is 22.3. The van der Waals surface area contributed by atoms with Gasteiger partial charge in [-0.3, -0.25) is 9.59 Å². The van der Waals surface area contributed by atoms with Crippen LogP contribution >= 0.6 is 0 Å². The molecule has 0 aliphatic carbocycles. The quantitative estimate of drug-likeness (QED) is 0.101. The summed E-state index contributed by atoms with van der Waals surface area (Å²) in [4.78, 5) is 73.8. The molecule has 5 aromatic rings. The monoisotopic (exact) mass is 860 g/mol. The van der Waals surface area contributed by atoms with Gasteiger partial charge in [-0.2, -0.15) is 0 Å². The first kappa shape index (κ1) is 43.5. The van der Waals surface area contributed by atoms with Crippen LogP contribution in [0.25, 0.3) is 44.2 Å². The second kappa shape index (κ2) is 17.2. The molecule has 4 amide bonds. The highest BCUT2D eigenvalue weighted by molar-refractivity contribution is 6.07. The Balaban J connectivity index is 1.05. The van der Waals surface area contributed by atoms with E-state index in [1.165, 1.54) is 14.2 Å². The van der Waals surface area contributed by atoms with E-state index in [0.29, 0.717) is 18.9 Å². The fraction of sp³-hybridized carbons (Fsp3) is 0.500. The Labute approximate surface area is 368 Å². The Morgan fingerprint density at radius 2 is 1.60 bits per heavy atom. The molecule has 6 atom stereocenters. The van der Waals surface area contributed by atoms with E-state index in [9.17, 15) is 19.2 Å². The fourth-order valence-electron chi connectivity index (χ4n) is 9.77. The molecule has 0 unspecified atom stereocenters. The van der Waals surface area contributed by atoms with Crippen molar-refractivity contribution >= 4 is 45.8 Å². The first-order chi connectivity index (χ1) is 30.2. The van der Waals surface area contributed by atoms with E-state index in [2.05, 4.69) is 63.9 Å². The maximum absolute atomic E-state index is 14.3. The lowest BCUT2D eigenvalue weighted by molar-refractivity contribution is -0.139. The zero-order chi connectivity index (χ0) is 44.9. The summed E-state index contributed by atoms with van der Waals surface area (Å²) in [5, 5.41) is 7.55. The molecule has 0 spiro atoms. The van der Waals surface area contributed by atoms with Gasteiger partial charge in [0, 0.05) is 23.0 Å². The number of likely N-dealkylation sites (tertiary alicyclic amines) is 2. The van der Waals surface area contributed by atoms with E-state index in [-0.39, 0.29) is 41.9 Å². The summed E-state index contributed by atoms with van der Waals surface area (Å²) in [5.74, 6) is 1.80. The number of amides is 4. The molecule has 0 radical (unpaired) electrons. The van der Waals surface area contributed by atoms with Crippen molar-refractivity contribution in [2.45, 2.75) is 130 Å². The van der Waals surface area contributed by atoms with E-state index in [4.69, 9.17) is 24.2 Å². The molecule has 0 saturated carbocycles. The number of carbonyl (C=O) groups is 4. The van der Waals surface area contributed by atoms with E-state index in [1.807, 2.05) is 63.6 Å². The van der Waals surface area contributed by atoms with Gasteiger partial charge >= 0.3 is 12.2 Å². The standard InChI is InChI=1S/C48H60N8O7/c1-10-30-15-19-36(56(30)44(57)39(25(3)4)53-46(59)61-8)42-49-23-35(51-42)28-13-16-31-29(20-28)24-63-38-22-32-27(21-33(31)38)14-17-34-40(32)52-43(50-34)37-18-12-26(5)55(37)45(58)41(48(6,7)11-2)54-47(60)62-9/h13-14,16-17,20-23,25-26,30,36-37,39,41H,10-12,15,18-19,24H2,1-9H3,(H,49,51)(H,50,52)(H,53,59)(H,54,60)/t26-,30-,36-,37-,39-,41+/m0/s1. The molecule has 2 saturated heterocycles. The van der Waals surface area contributed by atoms with E-state index in [0.717, 1.165) is 93.4 Å². The number of fused-ring (bicyclic) bond motifs is 6. The van der Waals surface area contributed by atoms with Crippen molar-refractivity contribution in [2.75, 3.05) is 14.2 Å². The van der Waals surface area contributed by atoms with Crippen LogP contribution in [-0.2, 0) is 25.7 Å². The number of nitrogens with one attached hydrogen (secondary N) is 4. The van der Waals surface area contributed by atoms with Gasteiger partial charge in [0.2, 0.25) is 11.8 Å². The number of imidazole rings is 2. The van der Waals surface area contributed by atoms with Crippen molar-refractivity contribution in [1.29, 1.82) is 0 Å². The Hall–Kier alpha value is -6.12. The number of benzene rings is 3. The number of hydrogen-bond donors (Lipinski definition) is 4. The molecule has 3 aromatic carbocycles. The predicted octanol–water partition coefficient (Wildman–Crippen LogP) is 8.70. The molecule has 3 aliphatic heterocycles. The summed E-state index contributed by atoms with van der Waals surface area (Å²) in [5.41, 5.74) is 6.09. The number of carbonyl (C=O) groups excluding carboxylic acids is 4. The van der Waals surface area contributed by atoms with Crippen LogP contribution in [0.1, 0.15) is 116 Å². The first-order valence-electron chi connectivity index (χ1n) is 22.3. The summed E-state index contributed by atoms with van der Waals surface area (Å²) in [6.07, 6.45) is 5.21. The number of rotatable bonds is 11. The summed E-state index contributed by atoms with van der Waals surface area (Å²) in [6, 6.07) is 12.7. The predicted molar refractivity (Wildman–Crippen MR) is 240 cm³/mol. The van der Waals surface area contributed by atoms with Gasteiger partial charge in [0.1, 0.15) is 36.1 Å². The van der Waals surface area contributed by atoms with Crippen molar-refractivity contribution < 1.29 is 33.4 Å². The molecule has 63 heavy (non-hydrogen) atoms. The third-order valence-corrected chi connectivity index (χ3v) is 13.8. The van der Waals surface area contributed by atoms with Crippen LogP contribution in [0.3, 0.4) is 0 Å². The highest BCUT2D eigenvalue weighted by atomic mass is 16.5. The summed E-state index contributed by atoms with van der Waals surface area (Å²) < 4.78 is 16.2. The van der Waals surface area contributed by atoms with Crippen LogP contribution in [0.15, 0.2) is 48.7 Å². The molecule has 2 aromatic heterocycles. The smallest absolute Gasteiger partial charge is 0.407 e. The number of H-pyrrole nitrogens is 2. The molecule has 0 bridgehead atoms. The molecule has 2 fully saturated rings. The Morgan fingerprint density at radius 3 is 2.32 bits per heavy atom. The molecule has 5 heterocycles. The molecular weight excluding hydrogens is 801 g/mol. The third-order valence-electron chi connectivity index (χ3n) is 13.8. The van der Waals surface area contributed by atoms with Gasteiger partial charge in [-0.15, -0.1) is 0 Å². The normalized spacial score (nSPS) is 20.6. The number of nitrogens with zero attached hydrogens (tertiary/aromatic N) is 4. The summed E-state index contributed by atoms with van der Waals surface area (Å²) in [6.45, 7) is 14.3. The van der Waals surface area contributed by atoms with Crippen molar-refractivity contribution in [2.24, 2.45) is 11.3 Å². The van der Waals surface area contributed by atoms with Crippen molar-refractivity contribution in [3.05, 3.63) is 65.9 Å². The zero-order valence-electron chi connectivity index (χ0n) is 37.8. The number of methoxy groups -OCH3 is 2. The van der Waals surface area contributed by atoms with Gasteiger partial charge in [-0.1, -0.05) is 59.7 Å². The van der Waals surface area contributed by atoms with Gasteiger partial charge in [0.25, 0.3) is 0 Å². The maximum Gasteiger partial charge on any atom is 0.407 e. The van der Waals surface area contributed by atoms with Crippen molar-refractivity contribution in [3.63, 3.8) is 0 Å². The van der Waals surface area contributed by atoms with E-state index >= 15 is 0 Å². The average molecular weight is 861 g/mol. The van der Waals surface area contributed by atoms with Gasteiger partial charge in [0.05, 0.1) is 49.2 Å². The Morgan fingerprint density at radius 1 is 0.873 bits per heavy atom. The summed E-state index contributed by atoms with van der Waals surface area (Å²) in [7, 11) is 2.61. The van der Waals surface area contributed by atoms with E-state index in [1.54, 1.807) is 0 Å². The van der Waals surface area contributed by atoms with Crippen molar-refractivity contribution in [3.8, 4) is 28.1 Å². The summed E-state index contributed by atoms with van der Waals surface area (Å²) >= 11 is 0. The minimum Gasteiger partial charge on any atom is -0.488 e. The van der Waals surface area contributed by atoms with Crippen LogP contribution in [0.4, 0.5) is 9.59 Å². The number of hydrogen-bond acceptors (Lipinski definition) is 9. The van der Waals surface area contributed by atoms with Gasteiger partial charge in [0.15, 0.2) is 0 Å². The molecule has 15 heteroatoms. The van der Waals surface area contributed by atoms with Crippen LogP contribution < -0.4 is 15.4 Å². The fourth-order valence-corrected chi connectivity index (χ4v) is 9.77. The maximum atomic E-state index is 14.3. The molecule has 3 aliphatic rings. The highest BCUT2D eigenvalue weighted by Gasteiger charge is 2.45. The topological polar surface area (TPSA) is 184 Å². The van der Waals surface area contributed by atoms with Gasteiger partial charge in [-0.25, -0.2) is 19.6 Å². The number of ether oxygens (including phenoxy) is 3. The molecule has 8 rings (SSSR count). The Kier molecular flexibility index (Phi) is 11.9. The van der Waals surface area contributed by atoms with Crippen LogP contribution in [0, 0.1) is 11.3 Å². The van der Waals surface area contributed by atoms with Crippen LogP contribution in [0.5, 0.6) is 5.75 Å². The molecule has 4 N–H and O–H groups in total. The van der Waals surface area contributed by atoms with Gasteiger partial charge in [-0.05, 0) is 103 Å². The van der Waals surface area contributed by atoms with Crippen LogP contribution in [-0.4, -0.2) is 92.1 Å². The lowest BCUT2D eigenvalue weighted by Gasteiger charge is -2.38. The number of aromatic nitrogens is 4. The molecule has 334 valence electrons. The second-order valence-electron chi connectivity index (χ2n) is 18.4.